The van der Waals surface area contributed by atoms with Gasteiger partial charge in [-0.3, -0.25) is 4.79 Å². The zero-order valence-electron chi connectivity index (χ0n) is 13.9. The molecule has 3 rings (SSSR count). The highest BCUT2D eigenvalue weighted by Gasteiger charge is 2.32. The molecule has 5 nitrogen and oxygen atoms in total. The summed E-state index contributed by atoms with van der Waals surface area (Å²) in [5.41, 5.74) is 2.48. The largest absolute Gasteiger partial charge is 0.327 e. The van der Waals surface area contributed by atoms with E-state index in [0.717, 1.165) is 5.56 Å². The van der Waals surface area contributed by atoms with Crippen LogP contribution in [0.3, 0.4) is 0 Å². The van der Waals surface area contributed by atoms with Crippen molar-refractivity contribution in [2.24, 2.45) is 0 Å². The van der Waals surface area contributed by atoms with E-state index in [-0.39, 0.29) is 11.1 Å². The van der Waals surface area contributed by atoms with Gasteiger partial charge in [0, 0.05) is 16.9 Å². The molecule has 128 valence electrons. The van der Waals surface area contributed by atoms with Gasteiger partial charge in [-0.2, -0.15) is 0 Å². The second-order valence-electron chi connectivity index (χ2n) is 5.86. The zero-order chi connectivity index (χ0) is 18.0. The summed E-state index contributed by atoms with van der Waals surface area (Å²) in [7, 11) is 0. The first kappa shape index (κ1) is 16.7. The Balaban J connectivity index is 1.99. The van der Waals surface area contributed by atoms with Crippen molar-refractivity contribution >= 4 is 17.6 Å². The number of rotatable bonds is 3. The topological polar surface area (TPSA) is 70.2 Å². The molecule has 0 bridgehead atoms. The minimum atomic E-state index is -0.862. The molecule has 1 aliphatic heterocycles. The van der Waals surface area contributed by atoms with E-state index in [4.69, 9.17) is 0 Å². The highest BCUT2D eigenvalue weighted by molar-refractivity contribution is 6.07. The van der Waals surface area contributed by atoms with Gasteiger partial charge < -0.3 is 16.0 Å². The summed E-state index contributed by atoms with van der Waals surface area (Å²) >= 11 is 0. The lowest BCUT2D eigenvalue weighted by molar-refractivity contribution is -0.113. The van der Waals surface area contributed by atoms with Gasteiger partial charge in [-0.1, -0.05) is 36.4 Å². The molecule has 2 aromatic rings. The molecule has 0 saturated carbocycles. The first-order valence-corrected chi connectivity index (χ1v) is 7.87. The van der Waals surface area contributed by atoms with E-state index in [1.54, 1.807) is 31.2 Å². The lowest BCUT2D eigenvalue weighted by Gasteiger charge is -2.29. The molecule has 0 aromatic heterocycles. The summed E-state index contributed by atoms with van der Waals surface area (Å²) in [4.78, 5) is 24.7. The fourth-order valence-corrected chi connectivity index (χ4v) is 2.84. The second-order valence-corrected chi connectivity index (χ2v) is 5.86. The third-order valence-electron chi connectivity index (χ3n) is 4.12. The SMILES string of the molecule is CC1=C(C(=O)Nc2ccccc2C)C(c2ccccc2F)NC(=O)N1. The van der Waals surface area contributed by atoms with E-state index in [2.05, 4.69) is 16.0 Å². The minimum Gasteiger partial charge on any atom is -0.327 e. The Labute approximate surface area is 144 Å². The summed E-state index contributed by atoms with van der Waals surface area (Å²) in [6.07, 6.45) is 0. The maximum absolute atomic E-state index is 14.2. The number of hydrogen-bond acceptors (Lipinski definition) is 2. The Hall–Kier alpha value is -3.15. The van der Waals surface area contributed by atoms with E-state index < -0.39 is 23.8 Å². The van der Waals surface area contributed by atoms with Crippen LogP contribution in [0, 0.1) is 12.7 Å². The van der Waals surface area contributed by atoms with E-state index in [9.17, 15) is 14.0 Å². The highest BCUT2D eigenvalue weighted by atomic mass is 19.1. The van der Waals surface area contributed by atoms with Gasteiger partial charge in [0.2, 0.25) is 0 Å². The lowest BCUT2D eigenvalue weighted by Crippen LogP contribution is -2.46. The van der Waals surface area contributed by atoms with Crippen LogP contribution in [0.5, 0.6) is 0 Å². The first-order chi connectivity index (χ1) is 12.0. The van der Waals surface area contributed by atoms with Gasteiger partial charge in [0.1, 0.15) is 5.82 Å². The molecule has 25 heavy (non-hydrogen) atoms. The van der Waals surface area contributed by atoms with Crippen molar-refractivity contribution in [3.05, 3.63) is 76.7 Å². The Kier molecular flexibility index (Phi) is 4.52. The predicted molar refractivity (Wildman–Crippen MR) is 93.3 cm³/mol. The van der Waals surface area contributed by atoms with Crippen LogP contribution in [0.2, 0.25) is 0 Å². The monoisotopic (exact) mass is 339 g/mol. The average Bonchev–Trinajstić information content (AvgIpc) is 2.56. The molecule has 1 heterocycles. The number of benzene rings is 2. The van der Waals surface area contributed by atoms with E-state index in [1.165, 1.54) is 6.07 Å². The van der Waals surface area contributed by atoms with Crippen molar-refractivity contribution < 1.29 is 14.0 Å². The first-order valence-electron chi connectivity index (χ1n) is 7.87. The van der Waals surface area contributed by atoms with Crippen LogP contribution in [-0.2, 0) is 4.79 Å². The van der Waals surface area contributed by atoms with Gasteiger partial charge in [0.05, 0.1) is 11.6 Å². The summed E-state index contributed by atoms with van der Waals surface area (Å²) < 4.78 is 14.2. The number of halogens is 1. The van der Waals surface area contributed by atoms with E-state index in [0.29, 0.717) is 11.4 Å². The van der Waals surface area contributed by atoms with Crippen molar-refractivity contribution in [1.82, 2.24) is 10.6 Å². The molecule has 0 saturated heterocycles. The van der Waals surface area contributed by atoms with Gasteiger partial charge in [0.25, 0.3) is 5.91 Å². The fourth-order valence-electron chi connectivity index (χ4n) is 2.84. The number of aryl methyl sites for hydroxylation is 1. The number of carbonyl (C=O) groups is 2. The smallest absolute Gasteiger partial charge is 0.319 e. The summed E-state index contributed by atoms with van der Waals surface area (Å²) in [6, 6.07) is 12.1. The molecular weight excluding hydrogens is 321 g/mol. The van der Waals surface area contributed by atoms with Crippen LogP contribution in [0.4, 0.5) is 14.9 Å². The molecular formula is C19H18FN3O2. The summed E-state index contributed by atoms with van der Waals surface area (Å²) in [6.45, 7) is 3.51. The third kappa shape index (κ3) is 3.38. The number of urea groups is 1. The molecule has 1 atom stereocenters. The fraction of sp³-hybridized carbons (Fsp3) is 0.158. The maximum Gasteiger partial charge on any atom is 0.319 e. The highest BCUT2D eigenvalue weighted by Crippen LogP contribution is 2.29. The average molecular weight is 339 g/mol. The number of carbonyl (C=O) groups excluding carboxylic acids is 2. The predicted octanol–water partition coefficient (Wildman–Crippen LogP) is 3.40. The van der Waals surface area contributed by atoms with Gasteiger partial charge in [0.15, 0.2) is 0 Å². The van der Waals surface area contributed by atoms with Crippen LogP contribution < -0.4 is 16.0 Å². The number of amides is 3. The van der Waals surface area contributed by atoms with Crippen LogP contribution in [0.25, 0.3) is 0 Å². The summed E-state index contributed by atoms with van der Waals surface area (Å²) in [5.74, 6) is -0.878. The minimum absolute atomic E-state index is 0.242. The van der Waals surface area contributed by atoms with Gasteiger partial charge in [-0.15, -0.1) is 0 Å². The molecule has 2 aromatic carbocycles. The Bertz CT molecular complexity index is 876. The van der Waals surface area contributed by atoms with Crippen LogP contribution >= 0.6 is 0 Å². The zero-order valence-corrected chi connectivity index (χ0v) is 13.9. The molecule has 3 N–H and O–H groups in total. The number of para-hydroxylation sites is 1. The standard InChI is InChI=1S/C19H18FN3O2/c1-11-7-3-6-10-15(11)22-18(24)16-12(2)21-19(25)23-17(16)13-8-4-5-9-14(13)20/h3-10,17H,1-2H3,(H,22,24)(H2,21,23,25). The van der Waals surface area contributed by atoms with Crippen molar-refractivity contribution in [1.29, 1.82) is 0 Å². The van der Waals surface area contributed by atoms with Crippen LogP contribution in [0.1, 0.15) is 24.1 Å². The Morgan fingerprint density at radius 2 is 1.76 bits per heavy atom. The van der Waals surface area contributed by atoms with Gasteiger partial charge >= 0.3 is 6.03 Å². The number of hydrogen-bond donors (Lipinski definition) is 3. The Morgan fingerprint density at radius 3 is 2.48 bits per heavy atom. The van der Waals surface area contributed by atoms with Gasteiger partial charge in [-0.25, -0.2) is 9.18 Å². The molecule has 1 aliphatic rings. The number of anilines is 1. The second kappa shape index (κ2) is 6.76. The van der Waals surface area contributed by atoms with Crippen molar-refractivity contribution in [2.75, 3.05) is 5.32 Å². The van der Waals surface area contributed by atoms with Gasteiger partial charge in [-0.05, 0) is 31.5 Å². The molecule has 0 aliphatic carbocycles. The third-order valence-corrected chi connectivity index (χ3v) is 4.12. The van der Waals surface area contributed by atoms with E-state index in [1.807, 2.05) is 25.1 Å². The normalized spacial score (nSPS) is 16.9. The Morgan fingerprint density at radius 1 is 1.08 bits per heavy atom. The van der Waals surface area contributed by atoms with E-state index >= 15 is 0 Å². The lowest BCUT2D eigenvalue weighted by atomic mass is 9.94. The number of allylic oxidation sites excluding steroid dienone is 1. The van der Waals surface area contributed by atoms with Crippen LogP contribution in [-0.4, -0.2) is 11.9 Å². The van der Waals surface area contributed by atoms with Crippen molar-refractivity contribution in [3.63, 3.8) is 0 Å². The molecule has 1 unspecified atom stereocenters. The maximum atomic E-state index is 14.2. The molecule has 0 radical (unpaired) electrons. The summed E-state index contributed by atoms with van der Waals surface area (Å²) in [5, 5.41) is 8.04. The van der Waals surface area contributed by atoms with Crippen molar-refractivity contribution in [3.8, 4) is 0 Å². The molecule has 3 amide bonds. The quantitative estimate of drug-likeness (QED) is 0.802. The molecule has 6 heteroatoms. The molecule has 0 spiro atoms. The number of nitrogens with one attached hydrogen (secondary N) is 3. The molecule has 0 fully saturated rings. The van der Waals surface area contributed by atoms with Crippen LogP contribution in [0.15, 0.2) is 59.8 Å². The van der Waals surface area contributed by atoms with Crippen molar-refractivity contribution in [2.45, 2.75) is 19.9 Å².